The van der Waals surface area contributed by atoms with Gasteiger partial charge in [-0.2, -0.15) is 0 Å². The highest BCUT2D eigenvalue weighted by Crippen LogP contribution is 2.45. The van der Waals surface area contributed by atoms with E-state index in [9.17, 15) is 23.1 Å². The number of rotatable bonds is 9. The fourth-order valence-electron chi connectivity index (χ4n) is 5.51. The van der Waals surface area contributed by atoms with E-state index < -0.39 is 35.1 Å². The van der Waals surface area contributed by atoms with Gasteiger partial charge in [0.05, 0.1) is 17.9 Å². The van der Waals surface area contributed by atoms with Gasteiger partial charge >= 0.3 is 5.97 Å². The molecule has 1 aliphatic rings. The topological polar surface area (TPSA) is 71.9 Å². The lowest BCUT2D eigenvalue weighted by Crippen LogP contribution is -2.39. The summed E-state index contributed by atoms with van der Waals surface area (Å²) in [5, 5.41) is 10.3. The number of carboxylic acid groups (broad SMARTS) is 1. The van der Waals surface area contributed by atoms with E-state index in [1.165, 1.54) is 0 Å². The molecule has 0 radical (unpaired) electrons. The number of aliphatic carboxylic acids is 1. The minimum absolute atomic E-state index is 0.0317. The Morgan fingerprint density at radius 3 is 2.19 bits per heavy atom. The summed E-state index contributed by atoms with van der Waals surface area (Å²) in [6, 6.07) is 8.70. The van der Waals surface area contributed by atoms with Crippen molar-refractivity contribution in [1.82, 2.24) is 4.98 Å². The molecule has 3 aromatic rings. The van der Waals surface area contributed by atoms with Gasteiger partial charge in [-0.25, -0.2) is 18.0 Å². The van der Waals surface area contributed by atoms with Crippen molar-refractivity contribution < 1.29 is 32.5 Å². The number of anilines is 1. The molecular weight excluding hydrogens is 557 g/mol. The molecule has 2 aromatic carbocycles. The molecule has 1 aromatic heterocycles. The van der Waals surface area contributed by atoms with E-state index in [4.69, 9.17) is 14.5 Å². The quantitative estimate of drug-likeness (QED) is 0.252. The van der Waals surface area contributed by atoms with Crippen LogP contribution in [0.4, 0.5) is 18.9 Å². The third-order valence-electron chi connectivity index (χ3n) is 7.84. The second-order valence-corrected chi connectivity index (χ2v) is 13.0. The van der Waals surface area contributed by atoms with Crippen LogP contribution in [-0.4, -0.2) is 41.4 Å². The lowest BCUT2D eigenvalue weighted by atomic mass is 9.82. The van der Waals surface area contributed by atoms with Crippen LogP contribution in [0.25, 0.3) is 11.1 Å². The summed E-state index contributed by atoms with van der Waals surface area (Å²) in [4.78, 5) is 19.7. The summed E-state index contributed by atoms with van der Waals surface area (Å²) in [6.07, 6.45) is 0.760. The molecule has 0 saturated carbocycles. The first-order valence-corrected chi connectivity index (χ1v) is 14.6. The van der Waals surface area contributed by atoms with Gasteiger partial charge in [-0.15, -0.1) is 0 Å². The van der Waals surface area contributed by atoms with Crippen LogP contribution in [0.3, 0.4) is 0 Å². The summed E-state index contributed by atoms with van der Waals surface area (Å²) in [5.74, 6) is -3.71. The molecule has 0 amide bonds. The highest BCUT2D eigenvalue weighted by atomic mass is 19.2. The zero-order chi connectivity index (χ0) is 31.7. The van der Waals surface area contributed by atoms with E-state index in [0.29, 0.717) is 23.1 Å². The zero-order valence-electron chi connectivity index (χ0n) is 26.0. The van der Waals surface area contributed by atoms with Crippen LogP contribution in [0.15, 0.2) is 36.4 Å². The third kappa shape index (κ3) is 7.68. The number of ether oxygens (including phenoxy) is 2. The normalized spacial score (nSPS) is 15.8. The summed E-state index contributed by atoms with van der Waals surface area (Å²) < 4.78 is 52.7. The molecule has 4 rings (SSSR count). The van der Waals surface area contributed by atoms with Crippen LogP contribution >= 0.6 is 0 Å². The van der Waals surface area contributed by atoms with Gasteiger partial charge in [-0.05, 0) is 82.2 Å². The number of halogens is 3. The SMILES string of the molecule is Cc1nc(C)c(C(OC(C)(C)C)C(=O)O)c(N2CCC(C)(C)CC2)c1-c1ccc(OCCc2cc(F)c(F)cc2F)cc1. The van der Waals surface area contributed by atoms with Crippen LogP contribution in [0, 0.1) is 36.7 Å². The van der Waals surface area contributed by atoms with Gasteiger partial charge in [-0.1, -0.05) is 26.0 Å². The molecule has 232 valence electrons. The Labute approximate surface area is 251 Å². The molecule has 6 nitrogen and oxygen atoms in total. The molecule has 1 aliphatic heterocycles. The maximum atomic E-state index is 14.0. The number of carboxylic acids is 1. The van der Waals surface area contributed by atoms with E-state index in [-0.39, 0.29) is 24.0 Å². The first-order chi connectivity index (χ1) is 20.1. The average molecular weight is 599 g/mol. The van der Waals surface area contributed by atoms with Gasteiger partial charge in [0.15, 0.2) is 17.7 Å². The van der Waals surface area contributed by atoms with Gasteiger partial charge in [0.1, 0.15) is 11.6 Å². The molecule has 0 bridgehead atoms. The average Bonchev–Trinajstić information content (AvgIpc) is 2.90. The summed E-state index contributed by atoms with van der Waals surface area (Å²) >= 11 is 0. The second kappa shape index (κ2) is 12.6. The second-order valence-electron chi connectivity index (χ2n) is 13.0. The Morgan fingerprint density at radius 1 is 1.00 bits per heavy atom. The number of hydrogen-bond acceptors (Lipinski definition) is 5. The van der Waals surface area contributed by atoms with Gasteiger partial charge in [0.25, 0.3) is 0 Å². The van der Waals surface area contributed by atoms with Crippen molar-refractivity contribution >= 4 is 11.7 Å². The summed E-state index contributed by atoms with van der Waals surface area (Å²) in [5.41, 5.74) is 3.93. The maximum absolute atomic E-state index is 14.0. The standard InChI is InChI=1S/C34H41F3N2O4/c1-20-28(22-8-10-24(11-9-22)42-17-12-23-18-26(36)27(37)19-25(23)35)30(39-15-13-34(6,7)14-16-39)29(21(2)38-20)31(32(40)41)43-33(3,4)5/h8-11,18-19,31H,12-17H2,1-7H3,(H,40,41). The lowest BCUT2D eigenvalue weighted by molar-refractivity contribution is -0.160. The smallest absolute Gasteiger partial charge is 0.337 e. The van der Waals surface area contributed by atoms with Crippen molar-refractivity contribution in [3.63, 3.8) is 0 Å². The van der Waals surface area contributed by atoms with Crippen LogP contribution in [0.5, 0.6) is 5.75 Å². The number of carbonyl (C=O) groups is 1. The number of piperidine rings is 1. The van der Waals surface area contributed by atoms with E-state index in [1.54, 1.807) is 12.1 Å². The largest absolute Gasteiger partial charge is 0.493 e. The summed E-state index contributed by atoms with van der Waals surface area (Å²) in [7, 11) is 0. The van der Waals surface area contributed by atoms with Crippen molar-refractivity contribution in [2.45, 2.75) is 79.4 Å². The fraction of sp³-hybridized carbons (Fsp3) is 0.471. The van der Waals surface area contributed by atoms with E-state index in [1.807, 2.05) is 46.8 Å². The van der Waals surface area contributed by atoms with Gasteiger partial charge in [-0.3, -0.25) is 4.98 Å². The predicted molar refractivity (Wildman–Crippen MR) is 161 cm³/mol. The number of pyridine rings is 1. The Bertz CT molecular complexity index is 1470. The molecule has 1 fully saturated rings. The molecule has 9 heteroatoms. The number of nitrogens with zero attached hydrogens (tertiary/aromatic N) is 2. The molecular formula is C34H41F3N2O4. The molecule has 1 unspecified atom stereocenters. The zero-order valence-corrected chi connectivity index (χ0v) is 26.0. The van der Waals surface area contributed by atoms with Crippen molar-refractivity contribution in [2.75, 3.05) is 24.6 Å². The molecule has 2 heterocycles. The molecule has 1 atom stereocenters. The highest BCUT2D eigenvalue weighted by molar-refractivity contribution is 5.88. The van der Waals surface area contributed by atoms with Gasteiger partial charge in [0, 0.05) is 48.1 Å². The lowest BCUT2D eigenvalue weighted by Gasteiger charge is -2.41. The Balaban J connectivity index is 1.70. The van der Waals surface area contributed by atoms with E-state index >= 15 is 0 Å². The van der Waals surface area contributed by atoms with Crippen molar-refractivity contribution in [1.29, 1.82) is 0 Å². The highest BCUT2D eigenvalue weighted by Gasteiger charge is 2.36. The van der Waals surface area contributed by atoms with E-state index in [0.717, 1.165) is 54.5 Å². The van der Waals surface area contributed by atoms with Crippen molar-refractivity contribution in [3.8, 4) is 16.9 Å². The van der Waals surface area contributed by atoms with Crippen LogP contribution in [0.2, 0.25) is 0 Å². The Hall–Kier alpha value is -3.59. The third-order valence-corrected chi connectivity index (χ3v) is 7.84. The molecule has 0 spiro atoms. The Kier molecular flexibility index (Phi) is 9.45. The monoisotopic (exact) mass is 598 g/mol. The number of aromatic nitrogens is 1. The first-order valence-electron chi connectivity index (χ1n) is 14.6. The van der Waals surface area contributed by atoms with Crippen molar-refractivity contribution in [3.05, 3.63) is 76.4 Å². The van der Waals surface area contributed by atoms with Crippen LogP contribution < -0.4 is 9.64 Å². The Morgan fingerprint density at radius 2 is 1.60 bits per heavy atom. The van der Waals surface area contributed by atoms with Gasteiger partial charge in [0.2, 0.25) is 0 Å². The molecule has 1 N–H and O–H groups in total. The van der Waals surface area contributed by atoms with Crippen molar-refractivity contribution in [2.24, 2.45) is 5.41 Å². The van der Waals surface area contributed by atoms with Crippen LogP contribution in [0.1, 0.15) is 76.1 Å². The summed E-state index contributed by atoms with van der Waals surface area (Å²) in [6.45, 7) is 15.4. The maximum Gasteiger partial charge on any atom is 0.337 e. The fourth-order valence-corrected chi connectivity index (χ4v) is 5.51. The van der Waals surface area contributed by atoms with E-state index in [2.05, 4.69) is 18.7 Å². The first kappa shape index (κ1) is 32.3. The molecule has 1 saturated heterocycles. The van der Waals surface area contributed by atoms with Gasteiger partial charge < -0.3 is 19.5 Å². The number of aryl methyl sites for hydroxylation is 2. The molecule has 43 heavy (non-hydrogen) atoms. The number of benzene rings is 2. The minimum Gasteiger partial charge on any atom is -0.493 e. The van der Waals surface area contributed by atoms with Crippen LogP contribution in [-0.2, 0) is 16.0 Å². The number of hydrogen-bond donors (Lipinski definition) is 1. The predicted octanol–water partition coefficient (Wildman–Crippen LogP) is 7.97. The minimum atomic E-state index is -1.23. The molecule has 0 aliphatic carbocycles.